The van der Waals surface area contributed by atoms with Crippen LogP contribution in [0.3, 0.4) is 0 Å². The van der Waals surface area contributed by atoms with Crippen LogP contribution in [0.25, 0.3) is 0 Å². The molecule has 8 heteroatoms. The van der Waals surface area contributed by atoms with Crippen molar-refractivity contribution in [3.63, 3.8) is 0 Å². The van der Waals surface area contributed by atoms with E-state index < -0.39 is 5.92 Å². The maximum atomic E-state index is 13.1. The highest BCUT2D eigenvalue weighted by molar-refractivity contribution is 6.04. The van der Waals surface area contributed by atoms with E-state index in [4.69, 9.17) is 0 Å². The quantitative estimate of drug-likeness (QED) is 0.700. The molecule has 4 rings (SSSR count). The lowest BCUT2D eigenvalue weighted by molar-refractivity contribution is -0.123. The Bertz CT molecular complexity index is 1050. The molecule has 2 aromatic rings. The van der Waals surface area contributed by atoms with E-state index in [0.717, 1.165) is 31.2 Å². The lowest BCUT2D eigenvalue weighted by Crippen LogP contribution is -2.46. The van der Waals surface area contributed by atoms with Crippen molar-refractivity contribution in [2.24, 2.45) is 0 Å². The molecule has 1 fully saturated rings. The van der Waals surface area contributed by atoms with Crippen LogP contribution in [0.5, 0.6) is 0 Å². The van der Waals surface area contributed by atoms with E-state index in [1.54, 1.807) is 0 Å². The zero-order valence-corrected chi connectivity index (χ0v) is 18.2. The largest absolute Gasteiger partial charge is 0.337 e. The number of fused-ring (bicyclic) bond motifs is 1. The summed E-state index contributed by atoms with van der Waals surface area (Å²) in [6.07, 6.45) is 3.83. The van der Waals surface area contributed by atoms with Crippen molar-refractivity contribution >= 4 is 29.3 Å². The first-order valence-electron chi connectivity index (χ1n) is 11.0. The molecular formula is C23H29N5O3. The second kappa shape index (κ2) is 8.53. The van der Waals surface area contributed by atoms with Gasteiger partial charge in [-0.1, -0.05) is 25.1 Å². The maximum Gasteiger partial charge on any atom is 0.258 e. The van der Waals surface area contributed by atoms with Crippen molar-refractivity contribution in [1.29, 1.82) is 0 Å². The van der Waals surface area contributed by atoms with Gasteiger partial charge >= 0.3 is 0 Å². The van der Waals surface area contributed by atoms with Gasteiger partial charge in [0, 0.05) is 24.2 Å². The monoisotopic (exact) mass is 423 g/mol. The van der Waals surface area contributed by atoms with Gasteiger partial charge in [-0.25, -0.2) is 0 Å². The Balaban J connectivity index is 1.68. The third kappa shape index (κ3) is 4.06. The van der Waals surface area contributed by atoms with Crippen molar-refractivity contribution in [1.82, 2.24) is 9.97 Å². The topological polar surface area (TPSA) is 107 Å². The average molecular weight is 424 g/mol. The number of rotatable bonds is 4. The number of amides is 2. The molecule has 1 aromatic heterocycles. The first-order valence-corrected chi connectivity index (χ1v) is 11.0. The van der Waals surface area contributed by atoms with Crippen LogP contribution in [0.4, 0.5) is 17.5 Å². The Morgan fingerprint density at radius 1 is 1.19 bits per heavy atom. The number of aromatic nitrogens is 2. The standard InChI is InChI=1S/C23H29N5O3/c1-4-15-10-5-6-11-17(15)24-21(30)16-12-18(29)25-20-19(16)22(31)27-23(26-20)28-13(2)8-7-9-14(28)3/h5-6,10-11,13-14,16H,4,7-9,12H2,1-3H3,(H,24,30)(H2,25,26,27,29,31). The van der Waals surface area contributed by atoms with E-state index in [-0.39, 0.29) is 47.3 Å². The fourth-order valence-corrected chi connectivity index (χ4v) is 4.71. The molecule has 0 bridgehead atoms. The summed E-state index contributed by atoms with van der Waals surface area (Å²) in [5.74, 6) is -0.961. The third-order valence-corrected chi connectivity index (χ3v) is 6.35. The molecular weight excluding hydrogens is 394 g/mol. The van der Waals surface area contributed by atoms with E-state index in [0.29, 0.717) is 11.6 Å². The normalized spacial score (nSPS) is 23.1. The minimum absolute atomic E-state index is 0.0895. The highest BCUT2D eigenvalue weighted by atomic mass is 16.2. The molecule has 3 heterocycles. The predicted octanol–water partition coefficient (Wildman–Crippen LogP) is 3.16. The van der Waals surface area contributed by atoms with E-state index in [1.165, 1.54) is 0 Å². The smallest absolute Gasteiger partial charge is 0.258 e. The number of piperidine rings is 1. The number of anilines is 3. The number of H-pyrrole nitrogens is 1. The predicted molar refractivity (Wildman–Crippen MR) is 121 cm³/mol. The summed E-state index contributed by atoms with van der Waals surface area (Å²) in [5.41, 5.74) is 1.52. The highest BCUT2D eigenvalue weighted by Crippen LogP contribution is 2.32. The Kier molecular flexibility index (Phi) is 5.80. The number of para-hydroxylation sites is 1. The number of carbonyl (C=O) groups excluding carboxylic acids is 2. The molecule has 2 aliphatic rings. The Morgan fingerprint density at radius 2 is 1.90 bits per heavy atom. The number of nitrogens with zero attached hydrogens (tertiary/aromatic N) is 2. The van der Waals surface area contributed by atoms with E-state index in [2.05, 4.69) is 39.3 Å². The summed E-state index contributed by atoms with van der Waals surface area (Å²) >= 11 is 0. The van der Waals surface area contributed by atoms with Crippen molar-refractivity contribution in [2.45, 2.75) is 70.9 Å². The van der Waals surface area contributed by atoms with E-state index >= 15 is 0 Å². The van der Waals surface area contributed by atoms with Crippen LogP contribution in [-0.4, -0.2) is 33.9 Å². The van der Waals surface area contributed by atoms with Crippen LogP contribution in [0, 0.1) is 0 Å². The van der Waals surface area contributed by atoms with Gasteiger partial charge in [0.25, 0.3) is 5.56 Å². The summed E-state index contributed by atoms with van der Waals surface area (Å²) in [6, 6.07) is 7.99. The molecule has 3 atom stereocenters. The minimum Gasteiger partial charge on any atom is -0.337 e. The fraction of sp³-hybridized carbons (Fsp3) is 0.478. The summed E-state index contributed by atoms with van der Waals surface area (Å²) < 4.78 is 0. The lowest BCUT2D eigenvalue weighted by atomic mass is 9.92. The molecule has 31 heavy (non-hydrogen) atoms. The molecule has 3 unspecified atom stereocenters. The van der Waals surface area contributed by atoms with Gasteiger partial charge in [0.1, 0.15) is 5.82 Å². The first-order chi connectivity index (χ1) is 14.9. The van der Waals surface area contributed by atoms with Gasteiger partial charge in [0.15, 0.2) is 0 Å². The van der Waals surface area contributed by atoms with Gasteiger partial charge in [-0.2, -0.15) is 4.98 Å². The van der Waals surface area contributed by atoms with Crippen LogP contribution in [0.1, 0.15) is 63.5 Å². The fourth-order valence-electron chi connectivity index (χ4n) is 4.71. The number of carbonyl (C=O) groups is 2. The molecule has 2 aliphatic heterocycles. The van der Waals surface area contributed by atoms with Crippen molar-refractivity contribution in [2.75, 3.05) is 15.5 Å². The maximum absolute atomic E-state index is 13.1. The lowest BCUT2D eigenvalue weighted by Gasteiger charge is -2.39. The zero-order chi connectivity index (χ0) is 22.1. The van der Waals surface area contributed by atoms with Gasteiger partial charge in [-0.3, -0.25) is 19.4 Å². The molecule has 1 saturated heterocycles. The van der Waals surface area contributed by atoms with Gasteiger partial charge in [-0.15, -0.1) is 0 Å². The van der Waals surface area contributed by atoms with Crippen LogP contribution >= 0.6 is 0 Å². The molecule has 2 amide bonds. The number of hydrogen-bond acceptors (Lipinski definition) is 5. The van der Waals surface area contributed by atoms with E-state index in [1.807, 2.05) is 31.2 Å². The van der Waals surface area contributed by atoms with Crippen molar-refractivity contribution in [3.8, 4) is 0 Å². The van der Waals surface area contributed by atoms with Crippen LogP contribution in [-0.2, 0) is 16.0 Å². The Hall–Kier alpha value is -3.16. The third-order valence-electron chi connectivity index (χ3n) is 6.35. The number of hydrogen-bond donors (Lipinski definition) is 3. The Morgan fingerprint density at radius 3 is 2.61 bits per heavy atom. The Labute approximate surface area is 181 Å². The summed E-state index contributed by atoms with van der Waals surface area (Å²) in [7, 11) is 0. The van der Waals surface area contributed by atoms with Crippen LogP contribution in [0.15, 0.2) is 29.1 Å². The average Bonchev–Trinajstić information content (AvgIpc) is 2.73. The molecule has 0 aliphatic carbocycles. The van der Waals surface area contributed by atoms with Gasteiger partial charge < -0.3 is 15.5 Å². The van der Waals surface area contributed by atoms with E-state index in [9.17, 15) is 14.4 Å². The number of aromatic amines is 1. The van der Waals surface area contributed by atoms with Gasteiger partial charge in [0.2, 0.25) is 17.8 Å². The molecule has 1 aromatic carbocycles. The number of benzene rings is 1. The van der Waals surface area contributed by atoms with Gasteiger partial charge in [0.05, 0.1) is 11.5 Å². The number of aryl methyl sites for hydroxylation is 1. The van der Waals surface area contributed by atoms with Crippen LogP contribution < -0.4 is 21.1 Å². The first kappa shape index (κ1) is 21.1. The molecule has 0 saturated carbocycles. The SMILES string of the molecule is CCc1ccccc1NC(=O)C1CC(=O)Nc2nc(N3C(C)CCCC3C)[nH]c(=O)c21. The zero-order valence-electron chi connectivity index (χ0n) is 18.2. The second-order valence-electron chi connectivity index (χ2n) is 8.49. The van der Waals surface area contributed by atoms with Gasteiger partial charge in [-0.05, 0) is 51.2 Å². The minimum atomic E-state index is -0.893. The second-order valence-corrected chi connectivity index (χ2v) is 8.49. The van der Waals surface area contributed by atoms with Crippen molar-refractivity contribution < 1.29 is 9.59 Å². The summed E-state index contributed by atoms with van der Waals surface area (Å²) in [6.45, 7) is 6.22. The summed E-state index contributed by atoms with van der Waals surface area (Å²) in [5, 5.41) is 5.61. The molecule has 164 valence electrons. The summed E-state index contributed by atoms with van der Waals surface area (Å²) in [4.78, 5) is 48.1. The molecule has 3 N–H and O–H groups in total. The molecule has 8 nitrogen and oxygen atoms in total. The van der Waals surface area contributed by atoms with Crippen LogP contribution in [0.2, 0.25) is 0 Å². The van der Waals surface area contributed by atoms with Crippen molar-refractivity contribution in [3.05, 3.63) is 45.7 Å². The molecule has 0 spiro atoms. The number of nitrogens with one attached hydrogen (secondary N) is 3. The highest BCUT2D eigenvalue weighted by Gasteiger charge is 2.36. The molecule has 0 radical (unpaired) electrons.